The molecule has 0 aliphatic carbocycles. The summed E-state index contributed by atoms with van der Waals surface area (Å²) in [6.07, 6.45) is 7.76. The number of fused-ring (bicyclic) bond motifs is 1. The van der Waals surface area contributed by atoms with Gasteiger partial charge < -0.3 is 4.98 Å². The maximum atomic E-state index is 13.1. The Morgan fingerprint density at radius 2 is 1.70 bits per heavy atom. The first-order valence-corrected chi connectivity index (χ1v) is 11.8. The van der Waals surface area contributed by atoms with E-state index in [1.807, 2.05) is 6.07 Å². The van der Waals surface area contributed by atoms with Crippen molar-refractivity contribution in [3.05, 3.63) is 36.0 Å². The van der Waals surface area contributed by atoms with Gasteiger partial charge in [0.05, 0.1) is 0 Å². The zero-order valence-electron chi connectivity index (χ0n) is 16.7. The lowest BCUT2D eigenvalue weighted by Gasteiger charge is -2.35. The number of H-pyrrole nitrogens is 1. The number of aromatic amines is 1. The third-order valence-corrected chi connectivity index (χ3v) is 7.73. The highest BCUT2D eigenvalue weighted by molar-refractivity contribution is 7.86. The Kier molecular flexibility index (Phi) is 6.95. The monoisotopic (exact) mass is 391 g/mol. The number of para-hydroxylation sites is 1. The molecule has 1 N–H and O–H groups in total. The van der Waals surface area contributed by atoms with Crippen LogP contribution in [0.25, 0.3) is 10.9 Å². The first kappa shape index (κ1) is 20.4. The summed E-state index contributed by atoms with van der Waals surface area (Å²) < 4.78 is 29.7. The predicted molar refractivity (Wildman–Crippen MR) is 112 cm³/mol. The van der Waals surface area contributed by atoms with Gasteiger partial charge in [-0.15, -0.1) is 0 Å². The normalized spacial score (nSPS) is 17.1. The minimum atomic E-state index is -3.34. The van der Waals surface area contributed by atoms with Crippen molar-refractivity contribution >= 4 is 21.1 Å². The summed E-state index contributed by atoms with van der Waals surface area (Å²) in [7, 11) is -3.34. The summed E-state index contributed by atoms with van der Waals surface area (Å²) >= 11 is 0. The largest absolute Gasteiger partial charge is 0.361 e. The molecule has 0 saturated carbocycles. The average Bonchev–Trinajstić information content (AvgIpc) is 3.12. The van der Waals surface area contributed by atoms with Gasteiger partial charge in [-0.05, 0) is 43.2 Å². The molecule has 0 radical (unpaired) electrons. The van der Waals surface area contributed by atoms with Crippen molar-refractivity contribution in [3.8, 4) is 0 Å². The molecule has 1 fully saturated rings. The molecule has 5 nitrogen and oxygen atoms in total. The fraction of sp³-hybridized carbons (Fsp3) is 0.619. The number of rotatable bonds is 9. The number of nitrogens with one attached hydrogen (secondary N) is 1. The van der Waals surface area contributed by atoms with Gasteiger partial charge in [0.15, 0.2) is 0 Å². The molecule has 1 aromatic heterocycles. The van der Waals surface area contributed by atoms with Crippen LogP contribution in [0, 0.1) is 0 Å². The second-order valence-corrected chi connectivity index (χ2v) is 9.51. The molecule has 6 heteroatoms. The number of benzene rings is 1. The van der Waals surface area contributed by atoms with E-state index < -0.39 is 10.2 Å². The third kappa shape index (κ3) is 4.55. The third-order valence-electron chi connectivity index (χ3n) is 5.69. The van der Waals surface area contributed by atoms with Gasteiger partial charge in [0.25, 0.3) is 10.2 Å². The quantitative estimate of drug-likeness (QED) is 0.684. The van der Waals surface area contributed by atoms with Gasteiger partial charge >= 0.3 is 0 Å². The molecule has 150 valence electrons. The van der Waals surface area contributed by atoms with E-state index in [1.54, 1.807) is 8.61 Å². The number of nitrogens with zero attached hydrogens (tertiary/aromatic N) is 2. The minimum Gasteiger partial charge on any atom is -0.361 e. The van der Waals surface area contributed by atoms with E-state index in [0.717, 1.165) is 44.0 Å². The average molecular weight is 392 g/mol. The second-order valence-electron chi connectivity index (χ2n) is 7.58. The summed E-state index contributed by atoms with van der Waals surface area (Å²) in [5, 5.41) is 1.27. The highest BCUT2D eigenvalue weighted by atomic mass is 32.2. The van der Waals surface area contributed by atoms with Gasteiger partial charge in [-0.1, -0.05) is 44.9 Å². The number of hydrogen-bond donors (Lipinski definition) is 1. The Morgan fingerprint density at radius 1 is 1.07 bits per heavy atom. The lowest BCUT2D eigenvalue weighted by Crippen LogP contribution is -2.47. The molecular weight excluding hydrogens is 358 g/mol. The number of aromatic nitrogens is 1. The predicted octanol–water partition coefficient (Wildman–Crippen LogP) is 4.49. The van der Waals surface area contributed by atoms with Crippen LogP contribution in [0.5, 0.6) is 0 Å². The van der Waals surface area contributed by atoms with Gasteiger partial charge in [0.2, 0.25) is 0 Å². The fourth-order valence-electron chi connectivity index (χ4n) is 4.00. The van der Waals surface area contributed by atoms with E-state index in [2.05, 4.69) is 43.2 Å². The molecule has 0 atom stereocenters. The maximum absolute atomic E-state index is 13.1. The van der Waals surface area contributed by atoms with E-state index in [4.69, 9.17) is 0 Å². The minimum absolute atomic E-state index is 0.423. The Hall–Kier alpha value is -1.37. The van der Waals surface area contributed by atoms with Crippen molar-refractivity contribution in [1.82, 2.24) is 13.6 Å². The molecule has 2 heterocycles. The molecule has 3 rings (SSSR count). The summed E-state index contributed by atoms with van der Waals surface area (Å²) in [6.45, 7) is 6.72. The van der Waals surface area contributed by atoms with E-state index in [1.165, 1.54) is 10.9 Å². The van der Waals surface area contributed by atoms with Crippen LogP contribution in [0.4, 0.5) is 0 Å². The Labute approximate surface area is 163 Å². The fourth-order valence-corrected chi connectivity index (χ4v) is 5.72. The van der Waals surface area contributed by atoms with Crippen LogP contribution < -0.4 is 0 Å². The van der Waals surface area contributed by atoms with Crippen LogP contribution in [-0.2, 0) is 10.2 Å². The summed E-state index contributed by atoms with van der Waals surface area (Å²) in [4.78, 5) is 3.35. The van der Waals surface area contributed by atoms with Crippen LogP contribution in [-0.4, -0.2) is 48.2 Å². The molecule has 1 aliphatic rings. The zero-order valence-corrected chi connectivity index (χ0v) is 17.5. The van der Waals surface area contributed by atoms with E-state index in [0.29, 0.717) is 32.1 Å². The highest BCUT2D eigenvalue weighted by Crippen LogP contribution is 2.34. The van der Waals surface area contributed by atoms with Crippen molar-refractivity contribution in [2.75, 3.05) is 26.2 Å². The highest BCUT2D eigenvalue weighted by Gasteiger charge is 2.33. The molecule has 0 unspecified atom stereocenters. The smallest absolute Gasteiger partial charge is 0.281 e. The molecule has 27 heavy (non-hydrogen) atoms. The number of unbranched alkanes of at least 4 members (excludes halogenated alkanes) is 2. The van der Waals surface area contributed by atoms with Crippen molar-refractivity contribution in [3.63, 3.8) is 0 Å². The molecule has 1 saturated heterocycles. The van der Waals surface area contributed by atoms with Crippen molar-refractivity contribution < 1.29 is 8.42 Å². The van der Waals surface area contributed by atoms with Crippen molar-refractivity contribution in [2.24, 2.45) is 0 Å². The molecular formula is C21H33N3O2S. The Balaban J connectivity index is 1.67. The molecule has 1 aromatic carbocycles. The summed E-state index contributed by atoms with van der Waals surface area (Å²) in [5.41, 5.74) is 2.49. The van der Waals surface area contributed by atoms with Gasteiger partial charge in [-0.3, -0.25) is 0 Å². The zero-order chi connectivity index (χ0) is 19.3. The van der Waals surface area contributed by atoms with Crippen molar-refractivity contribution in [1.29, 1.82) is 0 Å². The van der Waals surface area contributed by atoms with Crippen LogP contribution >= 0.6 is 0 Å². The Morgan fingerprint density at radius 3 is 2.33 bits per heavy atom. The Bertz CT molecular complexity index is 815. The molecule has 2 aromatic rings. The second kappa shape index (κ2) is 9.22. The van der Waals surface area contributed by atoms with E-state index in [9.17, 15) is 8.42 Å². The van der Waals surface area contributed by atoms with E-state index in [-0.39, 0.29) is 0 Å². The molecule has 1 aliphatic heterocycles. The standard InChI is InChI=1S/C21H33N3O2S/c1-3-5-13-23(14-6-4-2)27(25,26)24-15-11-18(12-16-24)20-17-22-21-10-8-7-9-19(20)21/h7-10,17-18,22H,3-6,11-16H2,1-2H3. The molecule has 0 spiro atoms. The van der Waals surface area contributed by atoms with Crippen molar-refractivity contribution in [2.45, 2.75) is 58.3 Å². The van der Waals surface area contributed by atoms with Crippen LogP contribution in [0.15, 0.2) is 30.5 Å². The van der Waals surface area contributed by atoms with Crippen LogP contribution in [0.1, 0.15) is 63.9 Å². The number of hydrogen-bond acceptors (Lipinski definition) is 2. The van der Waals surface area contributed by atoms with Gasteiger partial charge in [0, 0.05) is 43.3 Å². The molecule has 0 amide bonds. The van der Waals surface area contributed by atoms with Crippen LogP contribution in [0.2, 0.25) is 0 Å². The summed E-state index contributed by atoms with van der Waals surface area (Å²) in [5.74, 6) is 0.423. The lowest BCUT2D eigenvalue weighted by atomic mass is 9.90. The first-order chi connectivity index (χ1) is 13.1. The summed E-state index contributed by atoms with van der Waals surface area (Å²) in [6, 6.07) is 8.36. The maximum Gasteiger partial charge on any atom is 0.281 e. The lowest BCUT2D eigenvalue weighted by molar-refractivity contribution is 0.283. The SMILES string of the molecule is CCCCN(CCCC)S(=O)(=O)N1CCC(c2c[nH]c3ccccc23)CC1. The number of piperidine rings is 1. The first-order valence-electron chi connectivity index (χ1n) is 10.4. The van der Waals surface area contributed by atoms with Gasteiger partial charge in [-0.2, -0.15) is 17.0 Å². The molecule has 0 bridgehead atoms. The van der Waals surface area contributed by atoms with Crippen LogP contribution in [0.3, 0.4) is 0 Å². The van der Waals surface area contributed by atoms with E-state index >= 15 is 0 Å². The topological polar surface area (TPSA) is 56.4 Å². The van der Waals surface area contributed by atoms with Gasteiger partial charge in [0.1, 0.15) is 0 Å². The van der Waals surface area contributed by atoms with Gasteiger partial charge in [-0.25, -0.2) is 0 Å².